The van der Waals surface area contributed by atoms with Gasteiger partial charge in [-0.15, -0.1) is 0 Å². The minimum atomic E-state index is -3.64. The van der Waals surface area contributed by atoms with E-state index in [1.54, 1.807) is 30.5 Å². The predicted molar refractivity (Wildman–Crippen MR) is 70.0 cm³/mol. The van der Waals surface area contributed by atoms with E-state index in [9.17, 15) is 8.42 Å². The highest BCUT2D eigenvalue weighted by Gasteiger charge is 2.18. The zero-order valence-corrected chi connectivity index (χ0v) is 10.7. The molecule has 7 heteroatoms. The zero-order valence-electron chi connectivity index (χ0n) is 9.84. The highest BCUT2D eigenvalue weighted by Crippen LogP contribution is 2.22. The van der Waals surface area contributed by atoms with Crippen molar-refractivity contribution in [2.75, 3.05) is 16.6 Å². The quantitative estimate of drug-likeness (QED) is 0.768. The molecule has 3 N–H and O–H groups in total. The van der Waals surface area contributed by atoms with Crippen LogP contribution in [0.25, 0.3) is 0 Å². The fourth-order valence-electron chi connectivity index (χ4n) is 1.54. The molecule has 0 bridgehead atoms. The van der Waals surface area contributed by atoms with Gasteiger partial charge in [0, 0.05) is 18.9 Å². The lowest BCUT2D eigenvalue weighted by molar-refractivity contribution is 0.601. The number of aromatic nitrogens is 2. The molecule has 6 nitrogen and oxygen atoms in total. The number of benzene rings is 1. The topological polar surface area (TPSA) is 86.9 Å². The second kappa shape index (κ2) is 5.09. The molecule has 0 aliphatic heterocycles. The van der Waals surface area contributed by atoms with Gasteiger partial charge in [-0.1, -0.05) is 12.1 Å². The summed E-state index contributed by atoms with van der Waals surface area (Å²) in [5.74, 6) is 0.196. The van der Waals surface area contributed by atoms with Crippen LogP contribution in [0.5, 0.6) is 0 Å². The smallest absolute Gasteiger partial charge is 0.266 e. The number of sulfonamides is 1. The van der Waals surface area contributed by atoms with Crippen LogP contribution in [0.2, 0.25) is 0 Å². The summed E-state index contributed by atoms with van der Waals surface area (Å²) >= 11 is 0. The van der Waals surface area contributed by atoms with Gasteiger partial charge in [-0.3, -0.25) is 0 Å². The number of nitrogens with one attached hydrogen (secondary N) is 3. The first-order chi connectivity index (χ1) is 8.63. The first kappa shape index (κ1) is 12.4. The standard InChI is InChI=1S/C11H14N4O2S/c1-2-12-9-5-3-4-6-10(9)18(16,17)15-11-13-7-8-14-11/h3-8,12H,2H2,1H3,(H2,13,14,15). The maximum atomic E-state index is 12.2. The van der Waals surface area contributed by atoms with Crippen LogP contribution in [0, 0.1) is 0 Å². The second-order valence-corrected chi connectivity index (χ2v) is 5.22. The fraction of sp³-hybridized carbons (Fsp3) is 0.182. The van der Waals surface area contributed by atoms with Gasteiger partial charge >= 0.3 is 0 Å². The van der Waals surface area contributed by atoms with Gasteiger partial charge in [0.15, 0.2) is 0 Å². The van der Waals surface area contributed by atoms with Crippen LogP contribution in [0.3, 0.4) is 0 Å². The Kier molecular flexibility index (Phi) is 3.52. The molecule has 96 valence electrons. The summed E-state index contributed by atoms with van der Waals surface area (Å²) in [5, 5.41) is 3.01. The van der Waals surface area contributed by atoms with Crippen LogP contribution >= 0.6 is 0 Å². The van der Waals surface area contributed by atoms with E-state index in [2.05, 4.69) is 20.0 Å². The van der Waals surface area contributed by atoms with Gasteiger partial charge in [0.2, 0.25) is 5.95 Å². The summed E-state index contributed by atoms with van der Waals surface area (Å²) in [6.07, 6.45) is 3.03. The van der Waals surface area contributed by atoms with Crippen molar-refractivity contribution in [1.29, 1.82) is 0 Å². The maximum absolute atomic E-state index is 12.2. The Bertz CT molecular complexity index is 608. The average Bonchev–Trinajstić information content (AvgIpc) is 2.82. The van der Waals surface area contributed by atoms with E-state index in [1.807, 2.05) is 6.92 Å². The summed E-state index contributed by atoms with van der Waals surface area (Å²) in [7, 11) is -3.64. The lowest BCUT2D eigenvalue weighted by Gasteiger charge is -2.11. The van der Waals surface area contributed by atoms with Gasteiger partial charge in [0.1, 0.15) is 4.90 Å². The number of nitrogens with zero attached hydrogens (tertiary/aromatic N) is 1. The van der Waals surface area contributed by atoms with E-state index in [1.165, 1.54) is 6.20 Å². The van der Waals surface area contributed by atoms with Crippen LogP contribution < -0.4 is 10.0 Å². The number of H-pyrrole nitrogens is 1. The summed E-state index contributed by atoms with van der Waals surface area (Å²) in [5.41, 5.74) is 0.569. The molecule has 2 aromatic rings. The van der Waals surface area contributed by atoms with E-state index in [0.717, 1.165) is 0 Å². The summed E-state index contributed by atoms with van der Waals surface area (Å²) in [6, 6.07) is 6.73. The van der Waals surface area contributed by atoms with Crippen LogP contribution in [-0.4, -0.2) is 24.9 Å². The molecule has 0 atom stereocenters. The molecule has 0 fully saturated rings. The molecule has 0 spiro atoms. The first-order valence-corrected chi connectivity index (χ1v) is 6.97. The minimum Gasteiger partial charge on any atom is -0.384 e. The fourth-order valence-corrected chi connectivity index (χ4v) is 2.70. The van der Waals surface area contributed by atoms with Crippen LogP contribution in [0.4, 0.5) is 11.6 Å². The Labute approximate surface area is 106 Å². The van der Waals surface area contributed by atoms with Crippen molar-refractivity contribution in [2.24, 2.45) is 0 Å². The molecule has 0 unspecified atom stereocenters. The summed E-state index contributed by atoms with van der Waals surface area (Å²) in [6.45, 7) is 2.55. The molecular formula is C11H14N4O2S. The van der Waals surface area contributed by atoms with Crippen molar-refractivity contribution in [3.8, 4) is 0 Å². The monoisotopic (exact) mass is 266 g/mol. The highest BCUT2D eigenvalue weighted by atomic mass is 32.2. The van der Waals surface area contributed by atoms with Crippen molar-refractivity contribution in [3.63, 3.8) is 0 Å². The molecule has 0 radical (unpaired) electrons. The molecule has 0 aliphatic carbocycles. The van der Waals surface area contributed by atoms with Gasteiger partial charge in [0.25, 0.3) is 10.0 Å². The second-order valence-electron chi connectivity index (χ2n) is 3.57. The molecule has 0 aliphatic rings. The van der Waals surface area contributed by atoms with Gasteiger partial charge in [-0.05, 0) is 19.1 Å². The van der Waals surface area contributed by atoms with E-state index in [4.69, 9.17) is 0 Å². The Balaban J connectivity index is 2.35. The minimum absolute atomic E-state index is 0.196. The molecule has 0 saturated heterocycles. The third-order valence-electron chi connectivity index (χ3n) is 2.27. The Morgan fingerprint density at radius 1 is 1.33 bits per heavy atom. The van der Waals surface area contributed by atoms with E-state index >= 15 is 0 Å². The van der Waals surface area contributed by atoms with Crippen molar-refractivity contribution < 1.29 is 8.42 Å². The van der Waals surface area contributed by atoms with E-state index in [0.29, 0.717) is 12.2 Å². The SMILES string of the molecule is CCNc1ccccc1S(=O)(=O)Nc1ncc[nH]1. The van der Waals surface area contributed by atoms with Crippen molar-refractivity contribution in [3.05, 3.63) is 36.7 Å². The Hall–Kier alpha value is -2.02. The molecule has 0 amide bonds. The zero-order chi connectivity index (χ0) is 13.0. The number of para-hydroxylation sites is 1. The van der Waals surface area contributed by atoms with Crippen molar-refractivity contribution >= 4 is 21.7 Å². The first-order valence-electron chi connectivity index (χ1n) is 5.48. The largest absolute Gasteiger partial charge is 0.384 e. The van der Waals surface area contributed by atoms with Gasteiger partial charge in [-0.25, -0.2) is 18.1 Å². The molecular weight excluding hydrogens is 252 g/mol. The van der Waals surface area contributed by atoms with Crippen molar-refractivity contribution in [1.82, 2.24) is 9.97 Å². The third kappa shape index (κ3) is 2.62. The normalized spacial score (nSPS) is 11.2. The summed E-state index contributed by atoms with van der Waals surface area (Å²) < 4.78 is 26.7. The molecule has 1 aromatic carbocycles. The van der Waals surface area contributed by atoms with Crippen molar-refractivity contribution in [2.45, 2.75) is 11.8 Å². The molecule has 1 aromatic heterocycles. The summed E-state index contributed by atoms with van der Waals surface area (Å²) in [4.78, 5) is 6.73. The number of aromatic amines is 1. The lowest BCUT2D eigenvalue weighted by atomic mass is 10.3. The number of rotatable bonds is 5. The van der Waals surface area contributed by atoms with E-state index < -0.39 is 10.0 Å². The average molecular weight is 266 g/mol. The van der Waals surface area contributed by atoms with Gasteiger partial charge in [-0.2, -0.15) is 0 Å². The predicted octanol–water partition coefficient (Wildman–Crippen LogP) is 1.64. The molecule has 18 heavy (non-hydrogen) atoms. The van der Waals surface area contributed by atoms with Crippen LogP contribution in [0.15, 0.2) is 41.6 Å². The highest BCUT2D eigenvalue weighted by molar-refractivity contribution is 7.92. The third-order valence-corrected chi connectivity index (χ3v) is 3.67. The molecule has 1 heterocycles. The molecule has 2 rings (SSSR count). The Morgan fingerprint density at radius 2 is 2.11 bits per heavy atom. The number of hydrogen-bond donors (Lipinski definition) is 3. The maximum Gasteiger partial charge on any atom is 0.266 e. The number of imidazole rings is 1. The molecule has 0 saturated carbocycles. The van der Waals surface area contributed by atoms with E-state index in [-0.39, 0.29) is 10.8 Å². The van der Waals surface area contributed by atoms with Gasteiger partial charge < -0.3 is 10.3 Å². The van der Waals surface area contributed by atoms with Gasteiger partial charge in [0.05, 0.1) is 5.69 Å². The van der Waals surface area contributed by atoms with Crippen LogP contribution in [-0.2, 0) is 10.0 Å². The Morgan fingerprint density at radius 3 is 2.78 bits per heavy atom. The number of anilines is 2. The van der Waals surface area contributed by atoms with Crippen LogP contribution in [0.1, 0.15) is 6.92 Å². The number of hydrogen-bond acceptors (Lipinski definition) is 4. The lowest BCUT2D eigenvalue weighted by Crippen LogP contribution is -2.16.